The van der Waals surface area contributed by atoms with Crippen molar-refractivity contribution in [3.63, 3.8) is 0 Å². The van der Waals surface area contributed by atoms with Crippen molar-refractivity contribution in [2.75, 3.05) is 20.2 Å². The predicted molar refractivity (Wildman–Crippen MR) is 96.2 cm³/mol. The predicted octanol–water partition coefficient (Wildman–Crippen LogP) is 2.91. The van der Waals surface area contributed by atoms with Crippen LogP contribution in [0.3, 0.4) is 0 Å². The molecule has 0 aliphatic carbocycles. The Labute approximate surface area is 140 Å². The fraction of sp³-hybridized carbons (Fsp3) is 0.632. The largest absolute Gasteiger partial charge is 0.496 e. The average Bonchev–Trinajstić information content (AvgIpc) is 2.42. The van der Waals surface area contributed by atoms with Crippen molar-refractivity contribution in [1.29, 1.82) is 0 Å². The highest BCUT2D eigenvalue weighted by atomic mass is 16.5. The van der Waals surface area contributed by atoms with Crippen LogP contribution in [-0.2, 0) is 22.0 Å². The number of nitrogens with two attached hydrogens (primary N) is 1. The highest BCUT2D eigenvalue weighted by Crippen LogP contribution is 2.40. The number of hydrogen-bond donors (Lipinski definition) is 2. The minimum atomic E-state index is -0.0604. The minimum absolute atomic E-state index is 0.000310. The van der Waals surface area contributed by atoms with Crippen molar-refractivity contribution < 1.29 is 9.53 Å². The molecule has 0 aliphatic rings. The number of amides is 1. The van der Waals surface area contributed by atoms with Gasteiger partial charge in [-0.25, -0.2) is 0 Å². The number of methoxy groups -OCH3 is 1. The highest BCUT2D eigenvalue weighted by Gasteiger charge is 2.27. The zero-order valence-electron chi connectivity index (χ0n) is 15.7. The Balaban J connectivity index is 3.36. The maximum absolute atomic E-state index is 12.0. The van der Waals surface area contributed by atoms with Crippen LogP contribution in [0.2, 0.25) is 0 Å². The van der Waals surface area contributed by atoms with Crippen molar-refractivity contribution in [2.24, 2.45) is 5.73 Å². The van der Waals surface area contributed by atoms with E-state index in [2.05, 4.69) is 59.0 Å². The summed E-state index contributed by atoms with van der Waals surface area (Å²) in [5, 5.41) is 2.83. The summed E-state index contributed by atoms with van der Waals surface area (Å²) in [7, 11) is 1.72. The van der Waals surface area contributed by atoms with E-state index in [0.29, 0.717) is 19.5 Å². The molecule has 0 radical (unpaired) electrons. The Kier molecular flexibility index (Phi) is 6.23. The molecule has 0 heterocycles. The third kappa shape index (κ3) is 5.24. The molecule has 3 N–H and O–H groups in total. The molecule has 0 atom stereocenters. The first kappa shape index (κ1) is 19.5. The molecule has 1 rings (SSSR count). The van der Waals surface area contributed by atoms with Gasteiger partial charge in [0.05, 0.1) is 13.5 Å². The first-order valence-electron chi connectivity index (χ1n) is 8.19. The molecule has 130 valence electrons. The van der Waals surface area contributed by atoms with E-state index in [1.54, 1.807) is 7.11 Å². The molecule has 0 saturated carbocycles. The van der Waals surface area contributed by atoms with Gasteiger partial charge >= 0.3 is 0 Å². The van der Waals surface area contributed by atoms with Gasteiger partial charge in [0.1, 0.15) is 5.75 Å². The Morgan fingerprint density at radius 1 is 1.09 bits per heavy atom. The lowest BCUT2D eigenvalue weighted by molar-refractivity contribution is -0.120. The van der Waals surface area contributed by atoms with Crippen LogP contribution in [0.1, 0.15) is 58.2 Å². The van der Waals surface area contributed by atoms with Crippen molar-refractivity contribution in [3.05, 3.63) is 28.8 Å². The van der Waals surface area contributed by atoms with Gasteiger partial charge in [0, 0.05) is 24.2 Å². The number of hydrogen-bond acceptors (Lipinski definition) is 3. The molecule has 4 heteroatoms. The molecule has 0 bridgehead atoms. The normalized spacial score (nSPS) is 12.2. The summed E-state index contributed by atoms with van der Waals surface area (Å²) >= 11 is 0. The molecule has 0 fully saturated rings. The van der Waals surface area contributed by atoms with E-state index < -0.39 is 0 Å². The van der Waals surface area contributed by atoms with Crippen LogP contribution >= 0.6 is 0 Å². The van der Waals surface area contributed by atoms with Gasteiger partial charge < -0.3 is 15.8 Å². The monoisotopic (exact) mass is 320 g/mol. The third-order valence-corrected chi connectivity index (χ3v) is 3.80. The third-order valence-electron chi connectivity index (χ3n) is 3.80. The summed E-state index contributed by atoms with van der Waals surface area (Å²) in [4.78, 5) is 12.0. The fourth-order valence-electron chi connectivity index (χ4n) is 2.58. The molecule has 1 aromatic rings. The Hall–Kier alpha value is -1.55. The maximum Gasteiger partial charge on any atom is 0.224 e. The second kappa shape index (κ2) is 7.35. The van der Waals surface area contributed by atoms with Crippen LogP contribution in [-0.4, -0.2) is 26.1 Å². The molecular formula is C19H32N2O2. The van der Waals surface area contributed by atoms with Gasteiger partial charge in [-0.15, -0.1) is 0 Å². The summed E-state index contributed by atoms with van der Waals surface area (Å²) in [6.07, 6.45) is 0.357. The second-order valence-corrected chi connectivity index (χ2v) is 8.04. The molecule has 23 heavy (non-hydrogen) atoms. The molecule has 0 aromatic heterocycles. The maximum atomic E-state index is 12.0. The molecule has 1 amide bonds. The molecule has 1 aromatic carbocycles. The lowest BCUT2D eigenvalue weighted by Gasteiger charge is -2.30. The number of rotatable bonds is 5. The lowest BCUT2D eigenvalue weighted by Crippen LogP contribution is -2.30. The number of carbonyl (C=O) groups is 1. The minimum Gasteiger partial charge on any atom is -0.496 e. The molecular weight excluding hydrogens is 288 g/mol. The quantitative estimate of drug-likeness (QED) is 0.877. The van der Waals surface area contributed by atoms with Crippen LogP contribution < -0.4 is 15.8 Å². The van der Waals surface area contributed by atoms with Gasteiger partial charge in [0.25, 0.3) is 0 Å². The molecule has 0 saturated heterocycles. The average molecular weight is 320 g/mol. The van der Waals surface area contributed by atoms with E-state index in [9.17, 15) is 4.79 Å². The van der Waals surface area contributed by atoms with Crippen LogP contribution in [0.15, 0.2) is 12.1 Å². The van der Waals surface area contributed by atoms with Gasteiger partial charge in [-0.1, -0.05) is 53.7 Å². The number of nitrogens with one attached hydrogen (secondary N) is 1. The van der Waals surface area contributed by atoms with Crippen molar-refractivity contribution in [2.45, 2.75) is 58.8 Å². The van der Waals surface area contributed by atoms with E-state index in [4.69, 9.17) is 10.5 Å². The van der Waals surface area contributed by atoms with E-state index in [0.717, 1.165) is 22.4 Å². The summed E-state index contributed by atoms with van der Waals surface area (Å²) < 4.78 is 5.74. The topological polar surface area (TPSA) is 64.3 Å². The summed E-state index contributed by atoms with van der Waals surface area (Å²) in [5.74, 6) is 0.927. The molecule has 0 spiro atoms. The van der Waals surface area contributed by atoms with Crippen LogP contribution in [0.5, 0.6) is 5.75 Å². The van der Waals surface area contributed by atoms with Gasteiger partial charge in [0.15, 0.2) is 0 Å². The van der Waals surface area contributed by atoms with Gasteiger partial charge in [-0.05, 0) is 16.4 Å². The molecule has 0 unspecified atom stereocenters. The Morgan fingerprint density at radius 2 is 1.57 bits per heavy atom. The fourth-order valence-corrected chi connectivity index (χ4v) is 2.58. The smallest absolute Gasteiger partial charge is 0.224 e. The van der Waals surface area contributed by atoms with Crippen molar-refractivity contribution in [3.8, 4) is 5.75 Å². The molecule has 0 aliphatic heterocycles. The second-order valence-electron chi connectivity index (χ2n) is 8.04. The van der Waals surface area contributed by atoms with Crippen molar-refractivity contribution >= 4 is 5.91 Å². The Bertz CT molecular complexity index is 516. The number of ether oxygens (including phenoxy) is 1. The van der Waals surface area contributed by atoms with Gasteiger partial charge in [-0.3, -0.25) is 4.79 Å². The van der Waals surface area contributed by atoms with Gasteiger partial charge in [-0.2, -0.15) is 0 Å². The van der Waals surface area contributed by atoms with Crippen LogP contribution in [0, 0.1) is 0 Å². The van der Waals surface area contributed by atoms with E-state index in [-0.39, 0.29) is 16.7 Å². The van der Waals surface area contributed by atoms with E-state index >= 15 is 0 Å². The summed E-state index contributed by atoms with van der Waals surface area (Å²) in [5.41, 5.74) is 8.59. The van der Waals surface area contributed by atoms with E-state index in [1.165, 1.54) is 0 Å². The first-order valence-corrected chi connectivity index (χ1v) is 8.19. The highest BCUT2D eigenvalue weighted by molar-refractivity contribution is 5.79. The molecule has 4 nitrogen and oxygen atoms in total. The van der Waals surface area contributed by atoms with Crippen LogP contribution in [0.25, 0.3) is 0 Å². The SMILES string of the molecule is COc1c(C(C)(C)C)cc(CC(=O)NCCN)cc1C(C)(C)C. The zero-order valence-corrected chi connectivity index (χ0v) is 15.7. The standard InChI is InChI=1S/C19H32N2O2/c1-18(2,3)14-10-13(12-16(22)21-9-8-20)11-15(17(14)23-7)19(4,5)6/h10-11H,8-9,12,20H2,1-7H3,(H,21,22). The first-order chi connectivity index (χ1) is 10.5. The lowest BCUT2D eigenvalue weighted by atomic mass is 9.78. The van der Waals surface area contributed by atoms with Crippen LogP contribution in [0.4, 0.5) is 0 Å². The van der Waals surface area contributed by atoms with Crippen molar-refractivity contribution in [1.82, 2.24) is 5.32 Å². The van der Waals surface area contributed by atoms with E-state index in [1.807, 2.05) is 0 Å². The number of benzene rings is 1. The zero-order chi connectivity index (χ0) is 17.8. The summed E-state index contributed by atoms with van der Waals surface area (Å²) in [6, 6.07) is 4.19. The Morgan fingerprint density at radius 3 is 1.91 bits per heavy atom. The van der Waals surface area contributed by atoms with Gasteiger partial charge in [0.2, 0.25) is 5.91 Å². The number of carbonyl (C=O) groups excluding carboxylic acids is 1. The summed E-state index contributed by atoms with van der Waals surface area (Å²) in [6.45, 7) is 13.9.